The van der Waals surface area contributed by atoms with Crippen LogP contribution in [0.5, 0.6) is 0 Å². The molecule has 0 aromatic heterocycles. The molecular formula is C15H18N2O3. The molecule has 0 aliphatic heterocycles. The van der Waals surface area contributed by atoms with Crippen LogP contribution in [-0.4, -0.2) is 17.6 Å². The van der Waals surface area contributed by atoms with Crippen molar-refractivity contribution in [2.24, 2.45) is 0 Å². The average molecular weight is 274 g/mol. The Balaban J connectivity index is 3.00. The minimum atomic E-state index is -0.196. The molecule has 0 aliphatic carbocycles. The van der Waals surface area contributed by atoms with Crippen molar-refractivity contribution in [2.45, 2.75) is 26.9 Å². The SMILES string of the molecule is C=CC(=O)c1cc(CNC(C)=O)cc(CNC(C)=O)c1. The highest BCUT2D eigenvalue weighted by atomic mass is 16.2. The minimum Gasteiger partial charge on any atom is -0.352 e. The van der Waals surface area contributed by atoms with Crippen molar-refractivity contribution >= 4 is 17.6 Å². The third-order valence-corrected chi connectivity index (χ3v) is 2.61. The van der Waals surface area contributed by atoms with Gasteiger partial charge in [0.15, 0.2) is 5.78 Å². The van der Waals surface area contributed by atoms with Gasteiger partial charge in [-0.3, -0.25) is 14.4 Å². The average Bonchev–Trinajstić information content (AvgIpc) is 2.41. The fourth-order valence-corrected chi connectivity index (χ4v) is 1.68. The molecule has 0 heterocycles. The normalized spacial score (nSPS) is 9.70. The van der Waals surface area contributed by atoms with Crippen molar-refractivity contribution in [3.8, 4) is 0 Å². The first-order valence-electron chi connectivity index (χ1n) is 6.21. The third-order valence-electron chi connectivity index (χ3n) is 2.61. The molecule has 0 saturated carbocycles. The Morgan fingerprint density at radius 1 is 1.00 bits per heavy atom. The Bertz CT molecular complexity index is 514. The summed E-state index contributed by atoms with van der Waals surface area (Å²) in [7, 11) is 0. The number of hydrogen-bond acceptors (Lipinski definition) is 3. The van der Waals surface area contributed by atoms with Gasteiger partial charge in [0.05, 0.1) is 0 Å². The van der Waals surface area contributed by atoms with Gasteiger partial charge in [-0.05, 0) is 29.3 Å². The van der Waals surface area contributed by atoms with E-state index in [9.17, 15) is 14.4 Å². The largest absolute Gasteiger partial charge is 0.352 e. The van der Waals surface area contributed by atoms with Crippen LogP contribution < -0.4 is 10.6 Å². The second-order valence-electron chi connectivity index (χ2n) is 4.43. The number of amides is 2. The predicted molar refractivity (Wildman–Crippen MR) is 76.0 cm³/mol. The minimum absolute atomic E-state index is 0.145. The van der Waals surface area contributed by atoms with Crippen molar-refractivity contribution in [3.63, 3.8) is 0 Å². The smallest absolute Gasteiger partial charge is 0.217 e. The molecule has 5 heteroatoms. The molecule has 0 bridgehead atoms. The molecule has 0 radical (unpaired) electrons. The molecule has 5 nitrogen and oxygen atoms in total. The third kappa shape index (κ3) is 5.06. The Morgan fingerprint density at radius 3 is 1.80 bits per heavy atom. The van der Waals surface area contributed by atoms with Gasteiger partial charge in [-0.2, -0.15) is 0 Å². The second-order valence-corrected chi connectivity index (χ2v) is 4.43. The van der Waals surface area contributed by atoms with Crippen molar-refractivity contribution in [1.82, 2.24) is 10.6 Å². The summed E-state index contributed by atoms with van der Waals surface area (Å²) >= 11 is 0. The summed E-state index contributed by atoms with van der Waals surface area (Å²) in [6.07, 6.45) is 1.24. The van der Waals surface area contributed by atoms with E-state index in [-0.39, 0.29) is 17.6 Å². The van der Waals surface area contributed by atoms with Crippen molar-refractivity contribution < 1.29 is 14.4 Å². The van der Waals surface area contributed by atoms with Gasteiger partial charge >= 0.3 is 0 Å². The topological polar surface area (TPSA) is 75.3 Å². The Kier molecular flexibility index (Phi) is 5.65. The fraction of sp³-hybridized carbons (Fsp3) is 0.267. The molecule has 0 spiro atoms. The van der Waals surface area contributed by atoms with Gasteiger partial charge in [0.2, 0.25) is 11.8 Å². The molecular weight excluding hydrogens is 256 g/mol. The molecule has 1 rings (SSSR count). The molecule has 20 heavy (non-hydrogen) atoms. The molecule has 0 fully saturated rings. The Hall–Kier alpha value is -2.43. The lowest BCUT2D eigenvalue weighted by Crippen LogP contribution is -2.21. The fourth-order valence-electron chi connectivity index (χ4n) is 1.68. The lowest BCUT2D eigenvalue weighted by atomic mass is 10.0. The first-order valence-corrected chi connectivity index (χ1v) is 6.21. The summed E-state index contributed by atoms with van der Waals surface area (Å²) < 4.78 is 0. The van der Waals surface area contributed by atoms with E-state index in [1.54, 1.807) is 12.1 Å². The maximum atomic E-state index is 11.7. The van der Waals surface area contributed by atoms with E-state index < -0.39 is 0 Å². The van der Waals surface area contributed by atoms with E-state index in [2.05, 4.69) is 17.2 Å². The van der Waals surface area contributed by atoms with Gasteiger partial charge < -0.3 is 10.6 Å². The predicted octanol–water partition coefficient (Wildman–Crippen LogP) is 1.33. The van der Waals surface area contributed by atoms with E-state index in [4.69, 9.17) is 0 Å². The maximum absolute atomic E-state index is 11.7. The zero-order valence-corrected chi connectivity index (χ0v) is 11.7. The van der Waals surface area contributed by atoms with Crippen LogP contribution in [0.2, 0.25) is 0 Å². The Morgan fingerprint density at radius 2 is 1.45 bits per heavy atom. The van der Waals surface area contributed by atoms with Crippen LogP contribution in [0.25, 0.3) is 0 Å². The molecule has 0 unspecified atom stereocenters. The summed E-state index contributed by atoms with van der Waals surface area (Å²) in [5, 5.41) is 5.35. The van der Waals surface area contributed by atoms with Gasteiger partial charge in [-0.25, -0.2) is 0 Å². The van der Waals surface area contributed by atoms with E-state index >= 15 is 0 Å². The summed E-state index contributed by atoms with van der Waals surface area (Å²) in [6.45, 7) is 6.98. The van der Waals surface area contributed by atoms with Crippen LogP contribution in [0.15, 0.2) is 30.9 Å². The molecule has 2 N–H and O–H groups in total. The first kappa shape index (κ1) is 15.6. The zero-order valence-electron chi connectivity index (χ0n) is 11.7. The van der Waals surface area contributed by atoms with Crippen molar-refractivity contribution in [1.29, 1.82) is 0 Å². The molecule has 0 saturated heterocycles. The van der Waals surface area contributed by atoms with Gasteiger partial charge in [0.1, 0.15) is 0 Å². The zero-order chi connectivity index (χ0) is 15.1. The van der Waals surface area contributed by atoms with Gasteiger partial charge in [0, 0.05) is 32.5 Å². The highest BCUT2D eigenvalue weighted by molar-refractivity contribution is 6.04. The van der Waals surface area contributed by atoms with Crippen molar-refractivity contribution in [3.05, 3.63) is 47.5 Å². The van der Waals surface area contributed by atoms with Crippen LogP contribution in [0.4, 0.5) is 0 Å². The monoisotopic (exact) mass is 274 g/mol. The summed E-state index contributed by atoms with van der Waals surface area (Å²) in [5.74, 6) is -0.485. The number of carbonyl (C=O) groups is 3. The highest BCUT2D eigenvalue weighted by Crippen LogP contribution is 2.12. The standard InChI is InChI=1S/C15H18N2O3/c1-4-15(20)14-6-12(8-16-10(2)18)5-13(7-14)9-17-11(3)19/h4-7H,1,8-9H2,2-3H3,(H,16,18)(H,17,19). The van der Waals surface area contributed by atoms with Gasteiger partial charge in [0.25, 0.3) is 0 Å². The van der Waals surface area contributed by atoms with E-state index in [0.29, 0.717) is 18.7 Å². The number of benzene rings is 1. The summed E-state index contributed by atoms with van der Waals surface area (Å²) in [4.78, 5) is 33.6. The number of rotatable bonds is 6. The summed E-state index contributed by atoms with van der Waals surface area (Å²) in [5.41, 5.74) is 2.09. The Labute approximate surface area is 118 Å². The van der Waals surface area contributed by atoms with Crippen molar-refractivity contribution in [2.75, 3.05) is 0 Å². The van der Waals surface area contributed by atoms with E-state index in [1.165, 1.54) is 19.9 Å². The van der Waals surface area contributed by atoms with Gasteiger partial charge in [-0.15, -0.1) is 0 Å². The van der Waals surface area contributed by atoms with Crippen LogP contribution in [0.3, 0.4) is 0 Å². The number of nitrogens with one attached hydrogen (secondary N) is 2. The molecule has 0 aliphatic rings. The highest BCUT2D eigenvalue weighted by Gasteiger charge is 2.07. The first-order chi connectivity index (χ1) is 9.42. The summed E-state index contributed by atoms with van der Waals surface area (Å²) in [6, 6.07) is 5.25. The number of carbonyl (C=O) groups excluding carboxylic acids is 3. The van der Waals surface area contributed by atoms with Gasteiger partial charge in [-0.1, -0.05) is 12.6 Å². The quantitative estimate of drug-likeness (QED) is 0.607. The number of hydrogen-bond donors (Lipinski definition) is 2. The number of allylic oxidation sites excluding steroid dienone is 1. The van der Waals surface area contributed by atoms with E-state index in [1.807, 2.05) is 6.07 Å². The lowest BCUT2D eigenvalue weighted by molar-refractivity contribution is -0.119. The molecule has 0 atom stereocenters. The lowest BCUT2D eigenvalue weighted by Gasteiger charge is -2.09. The second kappa shape index (κ2) is 7.23. The van der Waals surface area contributed by atoms with Crippen LogP contribution in [0.1, 0.15) is 35.3 Å². The molecule has 1 aromatic carbocycles. The van der Waals surface area contributed by atoms with Crippen LogP contribution in [-0.2, 0) is 22.7 Å². The maximum Gasteiger partial charge on any atom is 0.217 e. The molecule has 106 valence electrons. The number of ketones is 1. The van der Waals surface area contributed by atoms with E-state index in [0.717, 1.165) is 11.1 Å². The van der Waals surface area contributed by atoms with Crippen LogP contribution in [0, 0.1) is 0 Å². The van der Waals surface area contributed by atoms with Crippen LogP contribution >= 0.6 is 0 Å². The molecule has 1 aromatic rings. The molecule has 2 amide bonds.